The van der Waals surface area contributed by atoms with Crippen LogP contribution in [0.2, 0.25) is 0 Å². The number of piperidine rings is 1. The summed E-state index contributed by atoms with van der Waals surface area (Å²) in [5.74, 6) is 1.65. The molecule has 1 N–H and O–H groups in total. The van der Waals surface area contributed by atoms with E-state index >= 15 is 0 Å². The molecule has 0 aliphatic carbocycles. The number of rotatable bonds is 3. The first-order chi connectivity index (χ1) is 8.66. The lowest BCUT2D eigenvalue weighted by molar-refractivity contribution is -0.134. The number of halogens is 1. The Balaban J connectivity index is 0.00000180. The number of hydrogen-bond donors (Lipinski definition) is 1. The molecule has 0 radical (unpaired) electrons. The van der Waals surface area contributed by atoms with Crippen LogP contribution < -0.4 is 5.32 Å². The highest BCUT2D eigenvalue weighted by Gasteiger charge is 2.25. The average molecular weight is 290 g/mol. The van der Waals surface area contributed by atoms with Crippen LogP contribution in [0.15, 0.2) is 0 Å². The lowest BCUT2D eigenvalue weighted by Gasteiger charge is -2.34. The summed E-state index contributed by atoms with van der Waals surface area (Å²) in [6, 6.07) is 0. The van der Waals surface area contributed by atoms with Gasteiger partial charge in [0.05, 0.1) is 0 Å². The van der Waals surface area contributed by atoms with E-state index in [0.717, 1.165) is 51.6 Å². The van der Waals surface area contributed by atoms with Gasteiger partial charge in [-0.1, -0.05) is 6.92 Å². The molecule has 1 amide bonds. The SMILES string of the molecule is CC(CC(=O)N1CCN(C)CC1)C1CCNCC1.Cl. The van der Waals surface area contributed by atoms with Gasteiger partial charge in [-0.2, -0.15) is 0 Å². The number of amides is 1. The second-order valence-corrected chi connectivity index (χ2v) is 5.95. The van der Waals surface area contributed by atoms with Gasteiger partial charge in [-0.3, -0.25) is 4.79 Å². The van der Waals surface area contributed by atoms with Crippen LogP contribution in [0.4, 0.5) is 0 Å². The molecule has 112 valence electrons. The van der Waals surface area contributed by atoms with Gasteiger partial charge in [0.15, 0.2) is 0 Å². The maximum atomic E-state index is 12.2. The highest BCUT2D eigenvalue weighted by molar-refractivity contribution is 5.85. The average Bonchev–Trinajstić information content (AvgIpc) is 2.40. The Morgan fingerprint density at radius 3 is 2.37 bits per heavy atom. The minimum atomic E-state index is 0. The molecule has 2 fully saturated rings. The van der Waals surface area contributed by atoms with Crippen molar-refractivity contribution in [1.29, 1.82) is 0 Å². The van der Waals surface area contributed by atoms with E-state index in [0.29, 0.717) is 11.8 Å². The standard InChI is InChI=1S/C14H27N3O.ClH/c1-12(13-3-5-15-6-4-13)11-14(18)17-9-7-16(2)8-10-17;/h12-13,15H,3-11H2,1-2H3;1H. The van der Waals surface area contributed by atoms with E-state index in [4.69, 9.17) is 0 Å². The van der Waals surface area contributed by atoms with E-state index in [1.54, 1.807) is 0 Å². The predicted molar refractivity (Wildman–Crippen MR) is 80.7 cm³/mol. The minimum absolute atomic E-state index is 0. The fourth-order valence-electron chi connectivity index (χ4n) is 3.04. The van der Waals surface area contributed by atoms with Crippen LogP contribution in [0, 0.1) is 11.8 Å². The zero-order chi connectivity index (χ0) is 13.0. The topological polar surface area (TPSA) is 35.6 Å². The summed E-state index contributed by atoms with van der Waals surface area (Å²) in [6.45, 7) is 8.36. The first kappa shape index (κ1) is 16.7. The van der Waals surface area contributed by atoms with E-state index in [2.05, 4.69) is 29.1 Å². The summed E-state index contributed by atoms with van der Waals surface area (Å²) >= 11 is 0. The first-order valence-electron chi connectivity index (χ1n) is 7.34. The molecule has 0 bridgehead atoms. The first-order valence-corrected chi connectivity index (χ1v) is 7.34. The van der Waals surface area contributed by atoms with Crippen LogP contribution in [0.1, 0.15) is 26.2 Å². The monoisotopic (exact) mass is 289 g/mol. The van der Waals surface area contributed by atoms with Crippen LogP contribution in [0.3, 0.4) is 0 Å². The molecule has 5 heteroatoms. The molecule has 0 aromatic heterocycles. The molecule has 19 heavy (non-hydrogen) atoms. The van der Waals surface area contributed by atoms with Crippen LogP contribution >= 0.6 is 12.4 Å². The van der Waals surface area contributed by atoms with Crippen LogP contribution in [0.5, 0.6) is 0 Å². The fourth-order valence-corrected chi connectivity index (χ4v) is 3.04. The molecule has 1 atom stereocenters. The van der Waals surface area contributed by atoms with E-state index in [-0.39, 0.29) is 12.4 Å². The van der Waals surface area contributed by atoms with E-state index in [9.17, 15) is 4.79 Å². The van der Waals surface area contributed by atoms with Gasteiger partial charge in [-0.15, -0.1) is 12.4 Å². The van der Waals surface area contributed by atoms with Crippen molar-refractivity contribution in [2.45, 2.75) is 26.2 Å². The molecule has 1 unspecified atom stereocenters. The van der Waals surface area contributed by atoms with Crippen molar-refractivity contribution in [3.8, 4) is 0 Å². The van der Waals surface area contributed by atoms with Crippen molar-refractivity contribution in [1.82, 2.24) is 15.1 Å². The smallest absolute Gasteiger partial charge is 0.222 e. The van der Waals surface area contributed by atoms with Crippen molar-refractivity contribution in [3.63, 3.8) is 0 Å². The van der Waals surface area contributed by atoms with Crippen molar-refractivity contribution >= 4 is 18.3 Å². The van der Waals surface area contributed by atoms with Crippen LogP contribution in [-0.4, -0.2) is 62.0 Å². The third-order valence-electron chi connectivity index (χ3n) is 4.54. The van der Waals surface area contributed by atoms with Gasteiger partial charge in [0.2, 0.25) is 5.91 Å². The van der Waals surface area contributed by atoms with Gasteiger partial charge in [0, 0.05) is 32.6 Å². The number of nitrogens with zero attached hydrogens (tertiary/aromatic N) is 2. The minimum Gasteiger partial charge on any atom is -0.340 e. The maximum absolute atomic E-state index is 12.2. The van der Waals surface area contributed by atoms with Crippen molar-refractivity contribution in [2.24, 2.45) is 11.8 Å². The molecule has 4 nitrogen and oxygen atoms in total. The van der Waals surface area contributed by atoms with Gasteiger partial charge < -0.3 is 15.1 Å². The zero-order valence-corrected chi connectivity index (χ0v) is 13.0. The van der Waals surface area contributed by atoms with E-state index in [1.165, 1.54) is 12.8 Å². The molecule has 2 saturated heterocycles. The Morgan fingerprint density at radius 1 is 1.21 bits per heavy atom. The number of nitrogens with one attached hydrogen (secondary N) is 1. The van der Waals surface area contributed by atoms with Crippen molar-refractivity contribution in [2.75, 3.05) is 46.3 Å². The molecule has 2 aliphatic rings. The van der Waals surface area contributed by atoms with Gasteiger partial charge in [-0.25, -0.2) is 0 Å². The lowest BCUT2D eigenvalue weighted by atomic mass is 9.84. The van der Waals surface area contributed by atoms with Crippen LogP contribution in [-0.2, 0) is 4.79 Å². The molecular weight excluding hydrogens is 262 g/mol. The molecule has 0 saturated carbocycles. The Hall–Kier alpha value is -0.320. The van der Waals surface area contributed by atoms with Crippen molar-refractivity contribution in [3.05, 3.63) is 0 Å². The number of carbonyl (C=O) groups excluding carboxylic acids is 1. The zero-order valence-electron chi connectivity index (χ0n) is 12.2. The molecule has 0 spiro atoms. The summed E-state index contributed by atoms with van der Waals surface area (Å²) < 4.78 is 0. The summed E-state index contributed by atoms with van der Waals surface area (Å²) in [7, 11) is 2.12. The Kier molecular flexibility index (Phi) is 7.11. The Labute approximate surface area is 123 Å². The second-order valence-electron chi connectivity index (χ2n) is 5.95. The predicted octanol–water partition coefficient (Wildman–Crippen LogP) is 1.21. The second kappa shape index (κ2) is 8.08. The van der Waals surface area contributed by atoms with Gasteiger partial charge in [0.25, 0.3) is 0 Å². The van der Waals surface area contributed by atoms with Gasteiger partial charge in [0.1, 0.15) is 0 Å². The maximum Gasteiger partial charge on any atom is 0.222 e. The number of piperazine rings is 1. The highest BCUT2D eigenvalue weighted by atomic mass is 35.5. The normalized spacial score (nSPS) is 23.8. The summed E-state index contributed by atoms with van der Waals surface area (Å²) in [5.41, 5.74) is 0. The lowest BCUT2D eigenvalue weighted by Crippen LogP contribution is -2.47. The summed E-state index contributed by atoms with van der Waals surface area (Å²) in [4.78, 5) is 16.6. The Bertz CT molecular complexity index is 274. The summed E-state index contributed by atoms with van der Waals surface area (Å²) in [6.07, 6.45) is 3.21. The number of hydrogen-bond acceptors (Lipinski definition) is 3. The van der Waals surface area contributed by atoms with Gasteiger partial charge in [-0.05, 0) is 44.8 Å². The largest absolute Gasteiger partial charge is 0.340 e. The molecule has 2 rings (SSSR count). The Morgan fingerprint density at radius 2 is 1.79 bits per heavy atom. The molecule has 2 heterocycles. The molecule has 0 aromatic carbocycles. The number of likely N-dealkylation sites (N-methyl/N-ethyl adjacent to an activating group) is 1. The van der Waals surface area contributed by atoms with E-state index in [1.807, 2.05) is 0 Å². The van der Waals surface area contributed by atoms with Crippen LogP contribution in [0.25, 0.3) is 0 Å². The quantitative estimate of drug-likeness (QED) is 0.848. The molecular formula is C14H28ClN3O. The number of carbonyl (C=O) groups is 1. The van der Waals surface area contributed by atoms with E-state index < -0.39 is 0 Å². The molecule has 2 aliphatic heterocycles. The fraction of sp³-hybridized carbons (Fsp3) is 0.929. The third-order valence-corrected chi connectivity index (χ3v) is 4.54. The van der Waals surface area contributed by atoms with Crippen molar-refractivity contribution < 1.29 is 4.79 Å². The molecule has 0 aromatic rings. The van der Waals surface area contributed by atoms with Gasteiger partial charge >= 0.3 is 0 Å². The highest BCUT2D eigenvalue weighted by Crippen LogP contribution is 2.25. The summed E-state index contributed by atoms with van der Waals surface area (Å²) in [5, 5.41) is 3.39. The third kappa shape index (κ3) is 4.93.